The zero-order chi connectivity index (χ0) is 14.1. The maximum atomic E-state index is 13.9. The summed E-state index contributed by atoms with van der Waals surface area (Å²) in [6, 6.07) is 11.7. The molecule has 0 unspecified atom stereocenters. The number of hydrogen-bond acceptors (Lipinski definition) is 1. The smallest absolute Gasteiger partial charge is 0.127 e. The van der Waals surface area contributed by atoms with Crippen molar-refractivity contribution in [3.63, 3.8) is 0 Å². The zero-order valence-electron chi connectivity index (χ0n) is 11.5. The normalized spacial score (nSPS) is 15.2. The van der Waals surface area contributed by atoms with Gasteiger partial charge in [0.15, 0.2) is 0 Å². The molecule has 3 heteroatoms. The maximum Gasteiger partial charge on any atom is 0.127 e. The van der Waals surface area contributed by atoms with Crippen LogP contribution in [-0.4, -0.2) is 11.4 Å². The highest BCUT2D eigenvalue weighted by molar-refractivity contribution is 9.10. The van der Waals surface area contributed by atoms with Crippen LogP contribution in [0.2, 0.25) is 0 Å². The minimum absolute atomic E-state index is 0.0911. The van der Waals surface area contributed by atoms with Crippen molar-refractivity contribution in [1.29, 1.82) is 0 Å². The minimum Gasteiger partial charge on any atom is -0.294 e. The summed E-state index contributed by atoms with van der Waals surface area (Å²) in [5.74, 6) is -0.0911. The molecule has 1 aliphatic heterocycles. The van der Waals surface area contributed by atoms with Gasteiger partial charge in [0.1, 0.15) is 5.82 Å². The fourth-order valence-electron chi connectivity index (χ4n) is 2.81. The fraction of sp³-hybridized carbons (Fsp3) is 0.294. The summed E-state index contributed by atoms with van der Waals surface area (Å²) in [6.07, 6.45) is 1.03. The van der Waals surface area contributed by atoms with Crippen molar-refractivity contribution in [2.75, 3.05) is 6.54 Å². The van der Waals surface area contributed by atoms with E-state index in [1.165, 1.54) is 11.1 Å². The number of fused-ring (bicyclic) bond motifs is 1. The van der Waals surface area contributed by atoms with Crippen molar-refractivity contribution in [3.05, 3.63) is 68.9 Å². The van der Waals surface area contributed by atoms with Crippen LogP contribution >= 0.6 is 15.9 Å². The molecule has 0 N–H and O–H groups in total. The second kappa shape index (κ2) is 5.66. The molecule has 2 aromatic rings. The van der Waals surface area contributed by atoms with Gasteiger partial charge >= 0.3 is 0 Å². The summed E-state index contributed by atoms with van der Waals surface area (Å²) in [6.45, 7) is 4.55. The minimum atomic E-state index is -0.0911. The molecule has 0 amide bonds. The van der Waals surface area contributed by atoms with E-state index in [-0.39, 0.29) is 5.82 Å². The second-order valence-corrected chi connectivity index (χ2v) is 6.32. The highest BCUT2D eigenvalue weighted by atomic mass is 79.9. The van der Waals surface area contributed by atoms with E-state index < -0.39 is 0 Å². The van der Waals surface area contributed by atoms with E-state index in [4.69, 9.17) is 0 Å². The topological polar surface area (TPSA) is 3.24 Å². The van der Waals surface area contributed by atoms with Crippen molar-refractivity contribution in [2.45, 2.75) is 26.4 Å². The van der Waals surface area contributed by atoms with E-state index >= 15 is 0 Å². The van der Waals surface area contributed by atoms with E-state index in [9.17, 15) is 4.39 Å². The predicted octanol–water partition coefficient (Wildman–Crippen LogP) is 4.45. The molecule has 104 valence electrons. The third-order valence-corrected chi connectivity index (χ3v) is 4.49. The van der Waals surface area contributed by atoms with Crippen molar-refractivity contribution in [2.24, 2.45) is 0 Å². The monoisotopic (exact) mass is 333 g/mol. The SMILES string of the molecule is Cc1cccc(F)c1CN1CCc2cc(Br)ccc2C1. The van der Waals surface area contributed by atoms with Crippen LogP contribution in [0.25, 0.3) is 0 Å². The first kappa shape index (κ1) is 13.8. The lowest BCUT2D eigenvalue weighted by Gasteiger charge is -2.29. The van der Waals surface area contributed by atoms with Crippen LogP contribution in [0.3, 0.4) is 0 Å². The molecule has 1 aliphatic rings. The van der Waals surface area contributed by atoms with Crippen LogP contribution in [0, 0.1) is 12.7 Å². The van der Waals surface area contributed by atoms with E-state index in [2.05, 4.69) is 39.0 Å². The zero-order valence-corrected chi connectivity index (χ0v) is 13.1. The lowest BCUT2D eigenvalue weighted by Crippen LogP contribution is -2.30. The number of halogens is 2. The Bertz CT molecular complexity index is 619. The molecule has 0 bridgehead atoms. The van der Waals surface area contributed by atoms with Gasteiger partial charge in [0.25, 0.3) is 0 Å². The van der Waals surface area contributed by atoms with Crippen LogP contribution < -0.4 is 0 Å². The fourth-order valence-corrected chi connectivity index (χ4v) is 3.21. The first-order chi connectivity index (χ1) is 9.63. The van der Waals surface area contributed by atoms with Crippen LogP contribution in [0.1, 0.15) is 22.3 Å². The Labute approximate surface area is 127 Å². The summed E-state index contributed by atoms with van der Waals surface area (Å²) in [5, 5.41) is 0. The Morgan fingerprint density at radius 2 is 2.05 bits per heavy atom. The van der Waals surface area contributed by atoms with Crippen molar-refractivity contribution in [3.8, 4) is 0 Å². The van der Waals surface area contributed by atoms with E-state index in [1.54, 1.807) is 12.1 Å². The highest BCUT2D eigenvalue weighted by Crippen LogP contribution is 2.25. The molecule has 20 heavy (non-hydrogen) atoms. The molecule has 0 saturated heterocycles. The lowest BCUT2D eigenvalue weighted by molar-refractivity contribution is 0.241. The van der Waals surface area contributed by atoms with Gasteiger partial charge in [0.05, 0.1) is 0 Å². The number of benzene rings is 2. The van der Waals surface area contributed by atoms with E-state index in [1.807, 2.05) is 13.0 Å². The molecular formula is C17H17BrFN. The molecule has 0 saturated carbocycles. The molecule has 0 aromatic heterocycles. The molecule has 0 aliphatic carbocycles. The first-order valence-electron chi connectivity index (χ1n) is 6.87. The standard InChI is InChI=1S/C17H17BrFN/c1-12-3-2-4-17(19)16(12)11-20-8-7-13-9-15(18)6-5-14(13)10-20/h2-6,9H,7-8,10-11H2,1H3. The molecule has 1 heterocycles. The average molecular weight is 334 g/mol. The average Bonchev–Trinajstić information content (AvgIpc) is 2.43. The lowest BCUT2D eigenvalue weighted by atomic mass is 9.99. The maximum absolute atomic E-state index is 13.9. The van der Waals surface area contributed by atoms with Gasteiger partial charge in [0.2, 0.25) is 0 Å². The van der Waals surface area contributed by atoms with Crippen LogP contribution in [0.5, 0.6) is 0 Å². The highest BCUT2D eigenvalue weighted by Gasteiger charge is 2.18. The quantitative estimate of drug-likeness (QED) is 0.784. The van der Waals surface area contributed by atoms with Gasteiger partial charge in [-0.25, -0.2) is 4.39 Å². The molecule has 0 atom stereocenters. The molecule has 0 spiro atoms. The van der Waals surface area contributed by atoms with Gasteiger partial charge in [0, 0.05) is 29.7 Å². The first-order valence-corrected chi connectivity index (χ1v) is 7.66. The third kappa shape index (κ3) is 2.79. The van der Waals surface area contributed by atoms with Crippen molar-refractivity contribution < 1.29 is 4.39 Å². The van der Waals surface area contributed by atoms with Gasteiger partial charge in [-0.2, -0.15) is 0 Å². The molecule has 1 nitrogen and oxygen atoms in total. The van der Waals surface area contributed by atoms with E-state index in [0.29, 0.717) is 6.54 Å². The summed E-state index contributed by atoms with van der Waals surface area (Å²) in [4.78, 5) is 2.32. The number of aryl methyl sites for hydroxylation is 1. The Morgan fingerprint density at radius 1 is 1.20 bits per heavy atom. The van der Waals surface area contributed by atoms with Crippen LogP contribution in [0.4, 0.5) is 4.39 Å². The predicted molar refractivity (Wildman–Crippen MR) is 83.1 cm³/mol. The largest absolute Gasteiger partial charge is 0.294 e. The summed E-state index contributed by atoms with van der Waals surface area (Å²) in [7, 11) is 0. The van der Waals surface area contributed by atoms with Gasteiger partial charge in [-0.15, -0.1) is 0 Å². The summed E-state index contributed by atoms with van der Waals surface area (Å²) >= 11 is 3.52. The van der Waals surface area contributed by atoms with Gasteiger partial charge in [-0.1, -0.05) is 34.1 Å². The number of rotatable bonds is 2. The van der Waals surface area contributed by atoms with Crippen molar-refractivity contribution >= 4 is 15.9 Å². The Balaban J connectivity index is 1.79. The molecule has 0 radical (unpaired) electrons. The number of hydrogen-bond donors (Lipinski definition) is 0. The summed E-state index contributed by atoms with van der Waals surface area (Å²) < 4.78 is 15.1. The molecular weight excluding hydrogens is 317 g/mol. The molecule has 3 rings (SSSR count). The van der Waals surface area contributed by atoms with Crippen LogP contribution in [-0.2, 0) is 19.5 Å². The molecule has 0 fully saturated rings. The Kier molecular flexibility index (Phi) is 3.90. The van der Waals surface area contributed by atoms with Crippen molar-refractivity contribution in [1.82, 2.24) is 4.90 Å². The van der Waals surface area contributed by atoms with Gasteiger partial charge in [-0.05, 0) is 48.2 Å². The van der Waals surface area contributed by atoms with Gasteiger partial charge in [-0.3, -0.25) is 4.90 Å². The third-order valence-electron chi connectivity index (χ3n) is 3.99. The second-order valence-electron chi connectivity index (χ2n) is 5.41. The Hall–Kier alpha value is -1.19. The van der Waals surface area contributed by atoms with E-state index in [0.717, 1.165) is 35.1 Å². The summed E-state index contributed by atoms with van der Waals surface area (Å²) in [5.41, 5.74) is 4.62. The molecule has 2 aromatic carbocycles. The number of nitrogens with zero attached hydrogens (tertiary/aromatic N) is 1. The van der Waals surface area contributed by atoms with Gasteiger partial charge < -0.3 is 0 Å². The Morgan fingerprint density at radius 3 is 2.85 bits per heavy atom. The van der Waals surface area contributed by atoms with Crippen LogP contribution in [0.15, 0.2) is 40.9 Å².